The number of amides is 1. The van der Waals surface area contributed by atoms with Crippen LogP contribution in [0.25, 0.3) is 10.1 Å². The maximum Gasteiger partial charge on any atom is 0.350 e. The normalized spacial score (nSPS) is 18.0. The largest absolute Gasteiger partial charge is 0.451 e. The van der Waals surface area contributed by atoms with Crippen molar-refractivity contribution in [3.8, 4) is 0 Å². The van der Waals surface area contributed by atoms with Crippen molar-refractivity contribution in [3.63, 3.8) is 0 Å². The number of carbonyl (C=O) groups is 2. The predicted molar refractivity (Wildman–Crippen MR) is 92.1 cm³/mol. The van der Waals surface area contributed by atoms with E-state index in [1.807, 2.05) is 6.92 Å². The van der Waals surface area contributed by atoms with Gasteiger partial charge in [0.15, 0.2) is 6.61 Å². The van der Waals surface area contributed by atoms with Crippen LogP contribution in [-0.2, 0) is 9.53 Å². The number of hydrogen-bond donors (Lipinski definition) is 0. The van der Waals surface area contributed by atoms with Crippen molar-refractivity contribution >= 4 is 44.9 Å². The third-order valence-corrected chi connectivity index (χ3v) is 5.86. The molecule has 1 atom stereocenters. The molecule has 1 aromatic carbocycles. The van der Waals surface area contributed by atoms with Gasteiger partial charge in [-0.3, -0.25) is 4.79 Å². The molecule has 0 aliphatic carbocycles. The summed E-state index contributed by atoms with van der Waals surface area (Å²) in [7, 11) is 0. The number of piperidine rings is 1. The van der Waals surface area contributed by atoms with E-state index in [4.69, 9.17) is 16.3 Å². The van der Waals surface area contributed by atoms with Gasteiger partial charge in [-0.15, -0.1) is 11.3 Å². The molecule has 24 heavy (non-hydrogen) atoms. The van der Waals surface area contributed by atoms with Crippen LogP contribution in [0, 0.1) is 5.82 Å². The Hall–Kier alpha value is -1.66. The molecular formula is C17H17ClFNO3S. The minimum atomic E-state index is -0.653. The van der Waals surface area contributed by atoms with E-state index in [0.29, 0.717) is 16.6 Å². The Kier molecular flexibility index (Phi) is 5.06. The molecule has 128 valence electrons. The average Bonchev–Trinajstić information content (AvgIpc) is 2.89. The maximum atomic E-state index is 13.3. The third-order valence-electron chi connectivity index (χ3n) is 4.23. The van der Waals surface area contributed by atoms with Gasteiger partial charge in [0.25, 0.3) is 5.91 Å². The monoisotopic (exact) mass is 369 g/mol. The Morgan fingerprint density at radius 2 is 2.21 bits per heavy atom. The van der Waals surface area contributed by atoms with Crippen LogP contribution in [0.15, 0.2) is 18.2 Å². The number of benzene rings is 1. The lowest BCUT2D eigenvalue weighted by atomic mass is 10.0. The van der Waals surface area contributed by atoms with Gasteiger partial charge in [-0.2, -0.15) is 0 Å². The smallest absolute Gasteiger partial charge is 0.350 e. The standard InChI is InChI=1S/C17H17ClFNO3S/c1-10-4-2-3-7-20(10)14(21)9-23-17(22)16-15(18)12-6-5-11(19)8-13(12)24-16/h5-6,8,10H,2-4,7,9H2,1H3. The highest BCUT2D eigenvalue weighted by Gasteiger charge is 2.25. The second kappa shape index (κ2) is 7.07. The van der Waals surface area contributed by atoms with Crippen molar-refractivity contribution < 1.29 is 18.7 Å². The molecule has 1 amide bonds. The van der Waals surface area contributed by atoms with Gasteiger partial charge in [0.2, 0.25) is 0 Å². The number of rotatable bonds is 3. The molecule has 0 saturated carbocycles. The van der Waals surface area contributed by atoms with E-state index in [0.717, 1.165) is 30.6 Å². The summed E-state index contributed by atoms with van der Waals surface area (Å²) in [6.45, 7) is 2.39. The third kappa shape index (κ3) is 3.39. The van der Waals surface area contributed by atoms with Crippen molar-refractivity contribution in [1.82, 2.24) is 4.90 Å². The highest BCUT2D eigenvalue weighted by Crippen LogP contribution is 2.36. The number of ether oxygens (including phenoxy) is 1. The Bertz CT molecular complexity index is 791. The van der Waals surface area contributed by atoms with Gasteiger partial charge in [0.1, 0.15) is 10.7 Å². The highest BCUT2D eigenvalue weighted by molar-refractivity contribution is 7.21. The number of likely N-dealkylation sites (tertiary alicyclic amines) is 1. The molecule has 2 heterocycles. The number of thiophene rings is 1. The average molecular weight is 370 g/mol. The number of halogens is 2. The Morgan fingerprint density at radius 1 is 1.42 bits per heavy atom. The maximum absolute atomic E-state index is 13.3. The molecule has 1 fully saturated rings. The summed E-state index contributed by atoms with van der Waals surface area (Å²) >= 11 is 7.25. The van der Waals surface area contributed by atoms with Gasteiger partial charge in [0, 0.05) is 22.7 Å². The van der Waals surface area contributed by atoms with Gasteiger partial charge >= 0.3 is 5.97 Å². The first-order valence-electron chi connectivity index (χ1n) is 7.81. The first-order chi connectivity index (χ1) is 11.5. The molecular weight excluding hydrogens is 353 g/mol. The zero-order valence-electron chi connectivity index (χ0n) is 13.2. The summed E-state index contributed by atoms with van der Waals surface area (Å²) in [5.74, 6) is -1.24. The molecule has 2 aromatic rings. The summed E-state index contributed by atoms with van der Waals surface area (Å²) in [5, 5.41) is 0.838. The lowest BCUT2D eigenvalue weighted by Crippen LogP contribution is -2.44. The summed E-state index contributed by atoms with van der Waals surface area (Å²) in [5.41, 5.74) is 0. The van der Waals surface area contributed by atoms with E-state index < -0.39 is 11.8 Å². The molecule has 1 aliphatic heterocycles. The fraction of sp³-hybridized carbons (Fsp3) is 0.412. The van der Waals surface area contributed by atoms with Gasteiger partial charge < -0.3 is 9.64 Å². The Labute approximate surface area is 148 Å². The topological polar surface area (TPSA) is 46.6 Å². The van der Waals surface area contributed by atoms with Crippen molar-refractivity contribution in [2.75, 3.05) is 13.2 Å². The molecule has 0 radical (unpaired) electrons. The molecule has 7 heteroatoms. The second-order valence-corrected chi connectivity index (χ2v) is 7.32. The Morgan fingerprint density at radius 3 is 2.96 bits per heavy atom. The highest BCUT2D eigenvalue weighted by atomic mass is 35.5. The van der Waals surface area contributed by atoms with Crippen molar-refractivity contribution in [2.24, 2.45) is 0 Å². The van der Waals surface area contributed by atoms with Crippen LogP contribution in [0.3, 0.4) is 0 Å². The fourth-order valence-corrected chi connectivity index (χ4v) is 4.34. The first-order valence-corrected chi connectivity index (χ1v) is 9.01. The zero-order valence-corrected chi connectivity index (χ0v) is 14.8. The van der Waals surface area contributed by atoms with Crippen molar-refractivity contribution in [1.29, 1.82) is 0 Å². The number of nitrogens with zero attached hydrogens (tertiary/aromatic N) is 1. The molecule has 1 saturated heterocycles. The lowest BCUT2D eigenvalue weighted by Gasteiger charge is -2.33. The van der Waals surface area contributed by atoms with Gasteiger partial charge in [-0.05, 0) is 44.4 Å². The van der Waals surface area contributed by atoms with Crippen LogP contribution in [0.4, 0.5) is 4.39 Å². The van der Waals surface area contributed by atoms with Gasteiger partial charge in [-0.1, -0.05) is 11.6 Å². The van der Waals surface area contributed by atoms with Gasteiger partial charge in [-0.25, -0.2) is 9.18 Å². The van der Waals surface area contributed by atoms with Crippen LogP contribution in [-0.4, -0.2) is 36.0 Å². The quantitative estimate of drug-likeness (QED) is 0.760. The van der Waals surface area contributed by atoms with E-state index >= 15 is 0 Å². The van der Waals surface area contributed by atoms with E-state index in [-0.39, 0.29) is 28.5 Å². The molecule has 1 unspecified atom stereocenters. The van der Waals surface area contributed by atoms with Crippen LogP contribution in [0.2, 0.25) is 5.02 Å². The number of fused-ring (bicyclic) bond motifs is 1. The van der Waals surface area contributed by atoms with Crippen LogP contribution >= 0.6 is 22.9 Å². The van der Waals surface area contributed by atoms with E-state index in [9.17, 15) is 14.0 Å². The van der Waals surface area contributed by atoms with Crippen LogP contribution < -0.4 is 0 Å². The van der Waals surface area contributed by atoms with E-state index in [1.54, 1.807) is 4.90 Å². The summed E-state index contributed by atoms with van der Waals surface area (Å²) in [4.78, 5) is 26.4. The van der Waals surface area contributed by atoms with Crippen LogP contribution in [0.1, 0.15) is 35.9 Å². The second-order valence-electron chi connectivity index (χ2n) is 5.89. The van der Waals surface area contributed by atoms with Crippen molar-refractivity contribution in [3.05, 3.63) is 33.9 Å². The number of esters is 1. The first kappa shape index (κ1) is 17.2. The molecule has 0 bridgehead atoms. The minimum Gasteiger partial charge on any atom is -0.451 e. The minimum absolute atomic E-state index is 0.167. The molecule has 0 spiro atoms. The molecule has 3 rings (SSSR count). The molecule has 1 aromatic heterocycles. The van der Waals surface area contributed by atoms with Crippen molar-refractivity contribution in [2.45, 2.75) is 32.2 Å². The Balaban J connectivity index is 1.69. The summed E-state index contributed by atoms with van der Waals surface area (Å²) < 4.78 is 19.0. The molecule has 1 aliphatic rings. The molecule has 0 N–H and O–H groups in total. The summed E-state index contributed by atoms with van der Waals surface area (Å²) in [6.07, 6.45) is 3.05. The summed E-state index contributed by atoms with van der Waals surface area (Å²) in [6, 6.07) is 4.31. The lowest BCUT2D eigenvalue weighted by molar-refractivity contribution is -0.137. The zero-order chi connectivity index (χ0) is 17.3. The fourth-order valence-electron chi connectivity index (χ4n) is 2.91. The van der Waals surface area contributed by atoms with Gasteiger partial charge in [0.05, 0.1) is 5.02 Å². The SMILES string of the molecule is CC1CCCCN1C(=O)COC(=O)c1sc2cc(F)ccc2c1Cl. The van der Waals surface area contributed by atoms with E-state index in [1.165, 1.54) is 18.2 Å². The number of carbonyl (C=O) groups excluding carboxylic acids is 2. The molecule has 4 nitrogen and oxygen atoms in total. The van der Waals surface area contributed by atoms with E-state index in [2.05, 4.69) is 0 Å². The predicted octanol–water partition coefficient (Wildman–Crippen LogP) is 4.25. The van der Waals surface area contributed by atoms with Crippen LogP contribution in [0.5, 0.6) is 0 Å². The number of hydrogen-bond acceptors (Lipinski definition) is 4.